The second-order valence-corrected chi connectivity index (χ2v) is 6.25. The smallest absolute Gasteiger partial charge is 0.134 e. The van der Waals surface area contributed by atoms with Gasteiger partial charge in [-0.2, -0.15) is 11.8 Å². The predicted octanol–water partition coefficient (Wildman–Crippen LogP) is 3.67. The molecule has 0 atom stereocenters. The van der Waals surface area contributed by atoms with Gasteiger partial charge >= 0.3 is 0 Å². The maximum atomic E-state index is 6.12. The fourth-order valence-corrected chi connectivity index (χ4v) is 3.12. The van der Waals surface area contributed by atoms with E-state index >= 15 is 0 Å². The van der Waals surface area contributed by atoms with Crippen molar-refractivity contribution >= 4 is 35.0 Å². The van der Waals surface area contributed by atoms with Crippen LogP contribution in [-0.2, 0) is 5.75 Å². The zero-order chi connectivity index (χ0) is 12.3. The first-order valence-electron chi connectivity index (χ1n) is 4.98. The number of rotatable bonds is 4. The molecule has 0 radical (unpaired) electrons. The Labute approximate surface area is 111 Å². The molecule has 1 aromatic heterocycles. The van der Waals surface area contributed by atoms with E-state index in [1.807, 2.05) is 26.8 Å². The highest BCUT2D eigenvalue weighted by molar-refractivity contribution is 7.98. The van der Waals surface area contributed by atoms with E-state index in [1.165, 1.54) is 0 Å². The van der Waals surface area contributed by atoms with Gasteiger partial charge in [-0.1, -0.05) is 23.2 Å². The largest absolute Gasteiger partial charge is 0.325 e. The van der Waals surface area contributed by atoms with Crippen LogP contribution in [0.15, 0.2) is 6.07 Å². The SMILES string of the molecule is Cc1cc(Cl)c(CSCC(C)(C)N)c(Cl)n1. The number of nitrogens with zero attached hydrogens (tertiary/aromatic N) is 1. The summed E-state index contributed by atoms with van der Waals surface area (Å²) in [5, 5.41) is 1.17. The van der Waals surface area contributed by atoms with Crippen molar-refractivity contribution in [3.63, 3.8) is 0 Å². The molecule has 0 saturated carbocycles. The first kappa shape index (κ1) is 14.1. The van der Waals surface area contributed by atoms with Gasteiger partial charge in [-0.25, -0.2) is 4.98 Å². The van der Waals surface area contributed by atoms with Crippen molar-refractivity contribution in [3.05, 3.63) is 27.5 Å². The average Bonchev–Trinajstić information content (AvgIpc) is 2.07. The summed E-state index contributed by atoms with van der Waals surface area (Å²) in [7, 11) is 0. The van der Waals surface area contributed by atoms with E-state index in [2.05, 4.69) is 4.98 Å². The summed E-state index contributed by atoms with van der Waals surface area (Å²) >= 11 is 13.9. The van der Waals surface area contributed by atoms with Crippen LogP contribution in [0.5, 0.6) is 0 Å². The zero-order valence-corrected chi connectivity index (χ0v) is 12.0. The maximum Gasteiger partial charge on any atom is 0.134 e. The molecular formula is C11H16Cl2N2S. The Balaban J connectivity index is 2.68. The highest BCUT2D eigenvalue weighted by atomic mass is 35.5. The van der Waals surface area contributed by atoms with Gasteiger partial charge in [0.2, 0.25) is 0 Å². The van der Waals surface area contributed by atoms with E-state index in [-0.39, 0.29) is 5.54 Å². The second-order valence-electron chi connectivity index (χ2n) is 4.50. The summed E-state index contributed by atoms with van der Waals surface area (Å²) in [6.45, 7) is 5.87. The van der Waals surface area contributed by atoms with Crippen LogP contribution >= 0.6 is 35.0 Å². The van der Waals surface area contributed by atoms with E-state index < -0.39 is 0 Å². The maximum absolute atomic E-state index is 6.12. The highest BCUT2D eigenvalue weighted by Crippen LogP contribution is 2.28. The topological polar surface area (TPSA) is 38.9 Å². The van der Waals surface area contributed by atoms with Crippen molar-refractivity contribution in [2.45, 2.75) is 32.1 Å². The summed E-state index contributed by atoms with van der Waals surface area (Å²) in [6.07, 6.45) is 0. The fraction of sp³-hybridized carbons (Fsp3) is 0.545. The van der Waals surface area contributed by atoms with Gasteiger partial charge in [-0.05, 0) is 26.8 Å². The molecule has 90 valence electrons. The van der Waals surface area contributed by atoms with Crippen LogP contribution in [-0.4, -0.2) is 16.3 Å². The summed E-state index contributed by atoms with van der Waals surface area (Å²) in [5.41, 5.74) is 7.45. The normalized spacial score (nSPS) is 11.9. The van der Waals surface area contributed by atoms with Crippen molar-refractivity contribution < 1.29 is 0 Å². The Kier molecular flexibility index (Phi) is 4.92. The molecule has 0 aromatic carbocycles. The summed E-state index contributed by atoms with van der Waals surface area (Å²) in [5.74, 6) is 1.60. The number of aryl methyl sites for hydroxylation is 1. The molecule has 16 heavy (non-hydrogen) atoms. The quantitative estimate of drug-likeness (QED) is 0.855. The summed E-state index contributed by atoms with van der Waals surface area (Å²) in [4.78, 5) is 4.19. The van der Waals surface area contributed by atoms with Gasteiger partial charge in [0.05, 0.1) is 0 Å². The van der Waals surface area contributed by atoms with E-state index in [9.17, 15) is 0 Å². The lowest BCUT2D eigenvalue weighted by molar-refractivity contribution is 0.591. The molecule has 0 spiro atoms. The van der Waals surface area contributed by atoms with Gasteiger partial charge in [-0.3, -0.25) is 0 Å². The monoisotopic (exact) mass is 278 g/mol. The summed E-state index contributed by atoms with van der Waals surface area (Å²) < 4.78 is 0. The molecule has 5 heteroatoms. The number of thioether (sulfide) groups is 1. The Morgan fingerprint density at radius 3 is 2.56 bits per heavy atom. The van der Waals surface area contributed by atoms with Gasteiger partial charge in [0.1, 0.15) is 5.15 Å². The number of hydrogen-bond donors (Lipinski definition) is 1. The summed E-state index contributed by atoms with van der Waals surface area (Å²) in [6, 6.07) is 1.83. The number of halogens is 2. The molecule has 1 heterocycles. The molecule has 0 amide bonds. The van der Waals surface area contributed by atoms with Crippen molar-refractivity contribution in [1.82, 2.24) is 4.98 Å². The van der Waals surface area contributed by atoms with E-state index in [0.29, 0.717) is 10.2 Å². The lowest BCUT2D eigenvalue weighted by Gasteiger charge is -2.17. The molecule has 0 unspecified atom stereocenters. The fourth-order valence-electron chi connectivity index (χ4n) is 1.17. The minimum atomic E-state index is -0.179. The molecular weight excluding hydrogens is 263 g/mol. The number of hydrogen-bond acceptors (Lipinski definition) is 3. The average molecular weight is 279 g/mol. The van der Waals surface area contributed by atoms with E-state index in [1.54, 1.807) is 11.8 Å². The van der Waals surface area contributed by atoms with Gasteiger partial charge < -0.3 is 5.73 Å². The van der Waals surface area contributed by atoms with E-state index in [4.69, 9.17) is 28.9 Å². The van der Waals surface area contributed by atoms with Gasteiger partial charge in [0.25, 0.3) is 0 Å². The lowest BCUT2D eigenvalue weighted by Crippen LogP contribution is -2.34. The van der Waals surface area contributed by atoms with Gasteiger partial charge in [-0.15, -0.1) is 0 Å². The van der Waals surface area contributed by atoms with Crippen LogP contribution in [0.1, 0.15) is 25.1 Å². The molecule has 0 bridgehead atoms. The number of nitrogens with two attached hydrogens (primary N) is 1. The standard InChI is InChI=1S/C11H16Cl2N2S/c1-7-4-9(12)8(10(13)15-7)5-16-6-11(2,3)14/h4H,5-6,14H2,1-3H3. The molecule has 2 N–H and O–H groups in total. The van der Waals surface area contributed by atoms with Crippen LogP contribution in [0.4, 0.5) is 0 Å². The molecule has 1 rings (SSSR count). The Morgan fingerprint density at radius 1 is 1.44 bits per heavy atom. The van der Waals surface area contributed by atoms with Crippen LogP contribution in [0.3, 0.4) is 0 Å². The Hall–Kier alpha value is 0.0400. The lowest BCUT2D eigenvalue weighted by atomic mass is 10.1. The van der Waals surface area contributed by atoms with Crippen molar-refractivity contribution in [2.24, 2.45) is 5.73 Å². The zero-order valence-electron chi connectivity index (χ0n) is 9.68. The predicted molar refractivity (Wildman–Crippen MR) is 73.4 cm³/mol. The second kappa shape index (κ2) is 5.58. The third kappa shape index (κ3) is 4.50. The third-order valence-electron chi connectivity index (χ3n) is 1.87. The molecule has 1 aromatic rings. The van der Waals surface area contributed by atoms with Crippen LogP contribution < -0.4 is 5.73 Å². The molecule has 0 saturated heterocycles. The van der Waals surface area contributed by atoms with Crippen LogP contribution in [0, 0.1) is 6.92 Å². The Morgan fingerprint density at radius 2 is 2.06 bits per heavy atom. The molecule has 0 aliphatic heterocycles. The van der Waals surface area contributed by atoms with Gasteiger partial charge in [0, 0.05) is 33.3 Å². The molecule has 2 nitrogen and oxygen atoms in total. The van der Waals surface area contributed by atoms with Crippen LogP contribution in [0.2, 0.25) is 10.2 Å². The molecule has 0 aliphatic rings. The van der Waals surface area contributed by atoms with Crippen molar-refractivity contribution in [2.75, 3.05) is 5.75 Å². The minimum Gasteiger partial charge on any atom is -0.325 e. The molecule has 0 fully saturated rings. The van der Waals surface area contributed by atoms with Crippen molar-refractivity contribution in [3.8, 4) is 0 Å². The number of aromatic nitrogens is 1. The third-order valence-corrected chi connectivity index (χ3v) is 3.96. The minimum absolute atomic E-state index is 0.179. The first-order chi connectivity index (χ1) is 7.29. The molecule has 0 aliphatic carbocycles. The van der Waals surface area contributed by atoms with Crippen LogP contribution in [0.25, 0.3) is 0 Å². The first-order valence-corrected chi connectivity index (χ1v) is 6.89. The van der Waals surface area contributed by atoms with Gasteiger partial charge in [0.15, 0.2) is 0 Å². The van der Waals surface area contributed by atoms with E-state index in [0.717, 1.165) is 22.8 Å². The number of pyridine rings is 1. The highest BCUT2D eigenvalue weighted by Gasteiger charge is 2.13. The van der Waals surface area contributed by atoms with Crippen molar-refractivity contribution in [1.29, 1.82) is 0 Å². The Bertz CT molecular complexity index is 352.